The number of nitrogens with zero attached hydrogens (tertiary/aromatic N) is 2. The van der Waals surface area contributed by atoms with Crippen molar-refractivity contribution in [2.24, 2.45) is 10.9 Å². The van der Waals surface area contributed by atoms with Crippen molar-refractivity contribution in [1.82, 2.24) is 15.5 Å². The fourth-order valence-electron chi connectivity index (χ4n) is 4.17. The van der Waals surface area contributed by atoms with E-state index in [1.54, 1.807) is 0 Å². The molecule has 1 amide bonds. The van der Waals surface area contributed by atoms with Crippen molar-refractivity contribution in [1.29, 1.82) is 0 Å². The minimum Gasteiger partial charge on any atom is -0.356 e. The van der Waals surface area contributed by atoms with Gasteiger partial charge >= 0.3 is 0 Å². The molecule has 0 radical (unpaired) electrons. The van der Waals surface area contributed by atoms with Gasteiger partial charge in [-0.1, -0.05) is 25.1 Å². The number of carbonyl (C=O) groups is 1. The molecule has 0 aliphatic carbocycles. The molecule has 7 heteroatoms. The Kier molecular flexibility index (Phi) is 8.91. The monoisotopic (exact) mass is 441 g/mol. The van der Waals surface area contributed by atoms with Gasteiger partial charge in [-0.2, -0.15) is 0 Å². The molecule has 31 heavy (non-hydrogen) atoms. The Hall–Kier alpha value is -2.38. The van der Waals surface area contributed by atoms with Crippen LogP contribution in [0.2, 0.25) is 0 Å². The number of hydrogen-bond acceptors (Lipinski definition) is 4. The molecule has 0 saturated carbocycles. The summed E-state index contributed by atoms with van der Waals surface area (Å²) in [6.07, 6.45) is 3.86. The van der Waals surface area contributed by atoms with E-state index in [2.05, 4.69) is 50.4 Å². The summed E-state index contributed by atoms with van der Waals surface area (Å²) in [4.78, 5) is 20.1. The van der Waals surface area contributed by atoms with E-state index < -0.39 is 0 Å². The van der Waals surface area contributed by atoms with Gasteiger partial charge in [-0.15, -0.1) is 11.3 Å². The lowest BCUT2D eigenvalue weighted by Crippen LogP contribution is -2.44. The second-order valence-corrected chi connectivity index (χ2v) is 9.12. The van der Waals surface area contributed by atoms with Crippen molar-refractivity contribution >= 4 is 28.9 Å². The summed E-state index contributed by atoms with van der Waals surface area (Å²) < 4.78 is 0. The average molecular weight is 442 g/mol. The second-order valence-electron chi connectivity index (χ2n) is 8.14. The molecular formula is C24H35N5OS. The van der Waals surface area contributed by atoms with E-state index >= 15 is 0 Å². The molecule has 1 aromatic carbocycles. The zero-order valence-corrected chi connectivity index (χ0v) is 19.7. The van der Waals surface area contributed by atoms with Crippen LogP contribution < -0.4 is 16.0 Å². The van der Waals surface area contributed by atoms with E-state index in [0.717, 1.165) is 36.7 Å². The van der Waals surface area contributed by atoms with Crippen molar-refractivity contribution in [2.75, 3.05) is 32.5 Å². The van der Waals surface area contributed by atoms with E-state index in [0.29, 0.717) is 24.9 Å². The Morgan fingerprint density at radius 2 is 2.03 bits per heavy atom. The van der Waals surface area contributed by atoms with E-state index in [1.807, 2.05) is 49.6 Å². The number of piperidine rings is 1. The van der Waals surface area contributed by atoms with Crippen LogP contribution in [0.4, 0.5) is 5.69 Å². The molecule has 2 unspecified atom stereocenters. The topological polar surface area (TPSA) is 68.8 Å². The average Bonchev–Trinajstić information content (AvgIpc) is 3.29. The fraction of sp³-hybridized carbons (Fsp3) is 0.500. The number of thiophene rings is 1. The molecule has 1 aromatic heterocycles. The van der Waals surface area contributed by atoms with Crippen LogP contribution in [0.3, 0.4) is 0 Å². The summed E-state index contributed by atoms with van der Waals surface area (Å²) in [7, 11) is 4.05. The highest BCUT2D eigenvalue weighted by molar-refractivity contribution is 7.10. The molecule has 1 fully saturated rings. The maximum Gasteiger partial charge on any atom is 0.224 e. The fourth-order valence-corrected chi connectivity index (χ4v) is 5.16. The first kappa shape index (κ1) is 23.3. The number of likely N-dealkylation sites (tertiary alicyclic amines) is 1. The zero-order valence-electron chi connectivity index (χ0n) is 18.9. The predicted molar refractivity (Wildman–Crippen MR) is 131 cm³/mol. The number of guanidine groups is 1. The molecule has 6 nitrogen and oxygen atoms in total. The van der Waals surface area contributed by atoms with Crippen LogP contribution in [-0.4, -0.2) is 44.0 Å². The summed E-state index contributed by atoms with van der Waals surface area (Å²) in [6.45, 7) is 4.74. The lowest BCUT2D eigenvalue weighted by molar-refractivity contribution is -0.116. The van der Waals surface area contributed by atoms with Gasteiger partial charge in [0.25, 0.3) is 0 Å². The lowest BCUT2D eigenvalue weighted by Gasteiger charge is -2.39. The zero-order chi connectivity index (χ0) is 22.1. The summed E-state index contributed by atoms with van der Waals surface area (Å²) in [5.74, 6) is 1.44. The number of hydrogen-bond donors (Lipinski definition) is 3. The number of anilines is 1. The van der Waals surface area contributed by atoms with Crippen molar-refractivity contribution in [3.05, 3.63) is 52.2 Å². The molecule has 2 atom stereocenters. The molecule has 1 aliphatic heterocycles. The van der Waals surface area contributed by atoms with E-state index in [4.69, 9.17) is 0 Å². The smallest absolute Gasteiger partial charge is 0.224 e. The van der Waals surface area contributed by atoms with Gasteiger partial charge < -0.3 is 16.0 Å². The van der Waals surface area contributed by atoms with Crippen LogP contribution in [-0.2, 0) is 11.3 Å². The highest BCUT2D eigenvalue weighted by atomic mass is 32.1. The Balaban J connectivity index is 1.50. The summed E-state index contributed by atoms with van der Waals surface area (Å²) in [6, 6.07) is 12.8. The van der Waals surface area contributed by atoms with Crippen LogP contribution in [0.25, 0.3) is 0 Å². The first-order valence-electron chi connectivity index (χ1n) is 11.2. The molecular weight excluding hydrogens is 406 g/mol. The van der Waals surface area contributed by atoms with Gasteiger partial charge in [0.2, 0.25) is 5.91 Å². The normalized spacial score (nSPS) is 19.8. The SMILES string of the molecule is CCCC(=O)Nc1ccc(CNC(=NC)NCC2CCCN(C)C2c2cccs2)cc1. The van der Waals surface area contributed by atoms with Crippen LogP contribution >= 0.6 is 11.3 Å². The van der Waals surface area contributed by atoms with E-state index in [-0.39, 0.29) is 5.91 Å². The van der Waals surface area contributed by atoms with Gasteiger partial charge in [-0.3, -0.25) is 14.7 Å². The van der Waals surface area contributed by atoms with Crippen LogP contribution in [0, 0.1) is 5.92 Å². The maximum atomic E-state index is 11.7. The van der Waals surface area contributed by atoms with Crippen molar-refractivity contribution in [3.8, 4) is 0 Å². The van der Waals surface area contributed by atoms with Crippen LogP contribution in [0.1, 0.15) is 49.1 Å². The van der Waals surface area contributed by atoms with Crippen molar-refractivity contribution in [2.45, 2.75) is 45.2 Å². The number of rotatable bonds is 8. The predicted octanol–water partition coefficient (Wildman–Crippen LogP) is 4.23. The van der Waals surface area contributed by atoms with Crippen LogP contribution in [0.5, 0.6) is 0 Å². The first-order chi connectivity index (χ1) is 15.1. The third-order valence-corrected chi connectivity index (χ3v) is 6.71. The highest BCUT2D eigenvalue weighted by Crippen LogP contribution is 2.36. The van der Waals surface area contributed by atoms with Gasteiger partial charge in [-0.25, -0.2) is 0 Å². The molecule has 2 heterocycles. The summed E-state index contributed by atoms with van der Waals surface area (Å²) in [5.41, 5.74) is 1.98. The number of amides is 1. The van der Waals surface area contributed by atoms with Crippen molar-refractivity contribution in [3.63, 3.8) is 0 Å². The Morgan fingerprint density at radius 3 is 2.71 bits per heavy atom. The molecule has 1 aliphatic rings. The van der Waals surface area contributed by atoms with Gasteiger partial charge in [0.1, 0.15) is 0 Å². The summed E-state index contributed by atoms with van der Waals surface area (Å²) in [5, 5.41) is 12.0. The molecule has 0 bridgehead atoms. The molecule has 3 rings (SSSR count). The van der Waals surface area contributed by atoms with Gasteiger partial charge in [0.05, 0.1) is 0 Å². The van der Waals surface area contributed by atoms with Gasteiger partial charge in [-0.05, 0) is 67.9 Å². The molecule has 0 spiro atoms. The van der Waals surface area contributed by atoms with Gasteiger partial charge in [0, 0.05) is 43.2 Å². The summed E-state index contributed by atoms with van der Waals surface area (Å²) >= 11 is 1.85. The molecule has 3 N–H and O–H groups in total. The number of aliphatic imine (C=N–C) groups is 1. The third kappa shape index (κ3) is 6.80. The largest absolute Gasteiger partial charge is 0.356 e. The Morgan fingerprint density at radius 1 is 1.23 bits per heavy atom. The minimum absolute atomic E-state index is 0.0622. The molecule has 168 valence electrons. The second kappa shape index (κ2) is 11.9. The van der Waals surface area contributed by atoms with E-state index in [1.165, 1.54) is 17.7 Å². The minimum atomic E-state index is 0.0622. The Bertz CT molecular complexity index is 834. The molecule has 1 saturated heterocycles. The standard InChI is InChI=1S/C24H35N5OS/c1-4-7-22(30)28-20-12-10-18(11-13-20)16-26-24(25-2)27-17-19-8-5-14-29(3)23(19)21-9-6-15-31-21/h6,9-13,15,19,23H,4-5,7-8,14,16-17H2,1-3H3,(H,28,30)(H2,25,26,27). The maximum absolute atomic E-state index is 11.7. The highest BCUT2D eigenvalue weighted by Gasteiger charge is 2.31. The quantitative estimate of drug-likeness (QED) is 0.423. The van der Waals surface area contributed by atoms with Crippen LogP contribution in [0.15, 0.2) is 46.8 Å². The lowest BCUT2D eigenvalue weighted by atomic mass is 9.88. The first-order valence-corrected chi connectivity index (χ1v) is 12.1. The third-order valence-electron chi connectivity index (χ3n) is 5.77. The molecule has 2 aromatic rings. The van der Waals surface area contributed by atoms with E-state index in [9.17, 15) is 4.79 Å². The number of carbonyl (C=O) groups excluding carboxylic acids is 1. The number of nitrogens with one attached hydrogen (secondary N) is 3. The Labute approximate surface area is 190 Å². The number of benzene rings is 1. The van der Waals surface area contributed by atoms with Gasteiger partial charge in [0.15, 0.2) is 5.96 Å². The van der Waals surface area contributed by atoms with Crippen molar-refractivity contribution < 1.29 is 4.79 Å².